The molecule has 0 amide bonds. The van der Waals surface area contributed by atoms with E-state index in [-0.39, 0.29) is 5.54 Å². The molecule has 0 unspecified atom stereocenters. The van der Waals surface area contributed by atoms with E-state index in [0.717, 1.165) is 0 Å². The number of unbranched alkanes of at least 4 members (excludes halogenated alkanes) is 1. The third kappa shape index (κ3) is 7.08. The fraction of sp³-hybridized carbons (Fsp3) is 1.00. The molecule has 0 spiro atoms. The zero-order chi connectivity index (χ0) is 13.9. The topological polar surface area (TPSA) is 3.24 Å². The first kappa shape index (κ1) is 17.0. The molecule has 0 aromatic heterocycles. The van der Waals surface area contributed by atoms with Crippen molar-refractivity contribution in [3.05, 3.63) is 0 Å². The van der Waals surface area contributed by atoms with Gasteiger partial charge in [0.1, 0.15) is 0 Å². The van der Waals surface area contributed by atoms with Crippen LogP contribution in [0.2, 0.25) is 0 Å². The summed E-state index contributed by atoms with van der Waals surface area (Å²) in [5, 5.41) is 0. The normalized spacial score (nSPS) is 14.5. The van der Waals surface area contributed by atoms with Gasteiger partial charge in [-0.2, -0.15) is 0 Å². The average molecular weight is 241 g/mol. The molecule has 0 aliphatic carbocycles. The van der Waals surface area contributed by atoms with Gasteiger partial charge in [-0.3, -0.25) is 4.90 Å². The highest BCUT2D eigenvalue weighted by atomic mass is 15.2. The first-order valence-electron chi connectivity index (χ1n) is 7.10. The van der Waals surface area contributed by atoms with Crippen LogP contribution in [0.4, 0.5) is 0 Å². The van der Waals surface area contributed by atoms with E-state index in [9.17, 15) is 0 Å². The standard InChI is InChI=1S/C16H35N/c1-14(2,3)12-10-11-13-16(7,8)17(9)15(4,5)6/h10-13H2,1-9H3. The molecule has 0 atom stereocenters. The van der Waals surface area contributed by atoms with Crippen LogP contribution in [0.3, 0.4) is 0 Å². The molecule has 1 nitrogen and oxygen atoms in total. The van der Waals surface area contributed by atoms with Crippen molar-refractivity contribution in [1.82, 2.24) is 4.90 Å². The molecule has 0 aromatic carbocycles. The van der Waals surface area contributed by atoms with Gasteiger partial charge in [-0.15, -0.1) is 0 Å². The summed E-state index contributed by atoms with van der Waals surface area (Å²) in [5.41, 5.74) is 1.05. The fourth-order valence-corrected chi connectivity index (χ4v) is 2.29. The largest absolute Gasteiger partial charge is 0.296 e. The Bertz CT molecular complexity index is 215. The monoisotopic (exact) mass is 241 g/mol. The van der Waals surface area contributed by atoms with Crippen LogP contribution >= 0.6 is 0 Å². The van der Waals surface area contributed by atoms with Crippen LogP contribution in [0.5, 0.6) is 0 Å². The zero-order valence-corrected chi connectivity index (χ0v) is 13.8. The minimum atomic E-state index is 0.257. The number of hydrogen-bond donors (Lipinski definition) is 0. The predicted molar refractivity (Wildman–Crippen MR) is 79.5 cm³/mol. The lowest BCUT2D eigenvalue weighted by Gasteiger charge is -2.45. The van der Waals surface area contributed by atoms with E-state index in [1.165, 1.54) is 25.7 Å². The van der Waals surface area contributed by atoms with Crippen LogP contribution in [-0.4, -0.2) is 23.0 Å². The van der Waals surface area contributed by atoms with Gasteiger partial charge >= 0.3 is 0 Å². The summed E-state index contributed by atoms with van der Waals surface area (Å²) in [5.74, 6) is 0. The molecule has 0 saturated heterocycles. The first-order chi connectivity index (χ1) is 7.36. The average Bonchev–Trinajstić information content (AvgIpc) is 2.08. The molecule has 0 aromatic rings. The lowest BCUT2D eigenvalue weighted by Crippen LogP contribution is -2.51. The van der Waals surface area contributed by atoms with Gasteiger partial charge in [-0.05, 0) is 59.9 Å². The molecule has 0 radical (unpaired) electrons. The molecule has 0 saturated carbocycles. The van der Waals surface area contributed by atoms with Gasteiger partial charge in [0.2, 0.25) is 0 Å². The van der Waals surface area contributed by atoms with Gasteiger partial charge in [-0.25, -0.2) is 0 Å². The molecular weight excluding hydrogens is 206 g/mol. The Hall–Kier alpha value is -0.0400. The highest BCUT2D eigenvalue weighted by Crippen LogP contribution is 2.29. The molecule has 104 valence electrons. The van der Waals surface area contributed by atoms with Gasteiger partial charge in [-0.1, -0.05) is 33.6 Å². The van der Waals surface area contributed by atoms with Crippen molar-refractivity contribution in [2.75, 3.05) is 7.05 Å². The van der Waals surface area contributed by atoms with Crippen LogP contribution < -0.4 is 0 Å². The van der Waals surface area contributed by atoms with Crippen molar-refractivity contribution >= 4 is 0 Å². The maximum absolute atomic E-state index is 2.51. The maximum atomic E-state index is 2.51. The highest BCUT2D eigenvalue weighted by Gasteiger charge is 2.30. The molecular formula is C16H35N. The maximum Gasteiger partial charge on any atom is 0.0155 e. The van der Waals surface area contributed by atoms with Crippen LogP contribution in [0.1, 0.15) is 81.1 Å². The zero-order valence-electron chi connectivity index (χ0n) is 13.8. The predicted octanol–water partition coefficient (Wildman–Crippen LogP) is 5.10. The molecule has 17 heavy (non-hydrogen) atoms. The molecule has 0 rings (SSSR count). The lowest BCUT2D eigenvalue weighted by atomic mass is 9.86. The van der Waals surface area contributed by atoms with E-state index in [1.807, 2.05) is 0 Å². The van der Waals surface area contributed by atoms with Crippen molar-refractivity contribution in [1.29, 1.82) is 0 Å². The SMILES string of the molecule is CN(C(C)(C)C)C(C)(C)CCCCC(C)(C)C. The summed E-state index contributed by atoms with van der Waals surface area (Å²) < 4.78 is 0. The van der Waals surface area contributed by atoms with E-state index in [0.29, 0.717) is 11.0 Å². The van der Waals surface area contributed by atoms with Gasteiger partial charge < -0.3 is 0 Å². The summed E-state index contributed by atoms with van der Waals surface area (Å²) in [4.78, 5) is 2.51. The quantitative estimate of drug-likeness (QED) is 0.605. The Balaban J connectivity index is 4.11. The Kier molecular flexibility index (Phi) is 5.72. The minimum absolute atomic E-state index is 0.257. The lowest BCUT2D eigenvalue weighted by molar-refractivity contribution is 0.0483. The number of rotatable bonds is 5. The number of nitrogens with zero attached hydrogens (tertiary/aromatic N) is 1. The fourth-order valence-electron chi connectivity index (χ4n) is 2.29. The van der Waals surface area contributed by atoms with E-state index < -0.39 is 0 Å². The molecule has 0 bridgehead atoms. The third-order valence-electron chi connectivity index (χ3n) is 3.88. The van der Waals surface area contributed by atoms with E-state index in [2.05, 4.69) is 67.3 Å². The first-order valence-corrected chi connectivity index (χ1v) is 7.10. The van der Waals surface area contributed by atoms with Crippen molar-refractivity contribution in [3.63, 3.8) is 0 Å². The van der Waals surface area contributed by atoms with Crippen molar-refractivity contribution < 1.29 is 0 Å². The van der Waals surface area contributed by atoms with Crippen LogP contribution in [-0.2, 0) is 0 Å². The van der Waals surface area contributed by atoms with E-state index >= 15 is 0 Å². The van der Waals surface area contributed by atoms with Crippen LogP contribution in [0.15, 0.2) is 0 Å². The summed E-state index contributed by atoms with van der Waals surface area (Å²) in [6.45, 7) is 18.6. The van der Waals surface area contributed by atoms with Gasteiger partial charge in [0, 0.05) is 11.1 Å². The molecule has 0 aliphatic rings. The summed E-state index contributed by atoms with van der Waals surface area (Å²) in [6.07, 6.45) is 5.31. The Labute approximate surface area is 110 Å². The van der Waals surface area contributed by atoms with Gasteiger partial charge in [0.25, 0.3) is 0 Å². The van der Waals surface area contributed by atoms with Crippen LogP contribution in [0.25, 0.3) is 0 Å². The van der Waals surface area contributed by atoms with Crippen molar-refractivity contribution in [2.24, 2.45) is 5.41 Å². The van der Waals surface area contributed by atoms with Crippen LogP contribution in [0, 0.1) is 5.41 Å². The summed E-state index contributed by atoms with van der Waals surface area (Å²) >= 11 is 0. The van der Waals surface area contributed by atoms with E-state index in [1.54, 1.807) is 0 Å². The third-order valence-corrected chi connectivity index (χ3v) is 3.88. The smallest absolute Gasteiger partial charge is 0.0155 e. The van der Waals surface area contributed by atoms with Crippen molar-refractivity contribution in [3.8, 4) is 0 Å². The van der Waals surface area contributed by atoms with Crippen molar-refractivity contribution in [2.45, 2.75) is 92.2 Å². The highest BCUT2D eigenvalue weighted by molar-refractivity contribution is 4.87. The van der Waals surface area contributed by atoms with Gasteiger partial charge in [0.05, 0.1) is 0 Å². The minimum Gasteiger partial charge on any atom is -0.296 e. The molecule has 0 N–H and O–H groups in total. The molecule has 0 aliphatic heterocycles. The Morgan fingerprint density at radius 2 is 1.12 bits per heavy atom. The molecule has 0 fully saturated rings. The second-order valence-corrected chi connectivity index (χ2v) is 8.31. The summed E-state index contributed by atoms with van der Waals surface area (Å²) in [7, 11) is 2.25. The summed E-state index contributed by atoms with van der Waals surface area (Å²) in [6, 6.07) is 0. The molecule has 1 heteroatoms. The number of hydrogen-bond acceptors (Lipinski definition) is 1. The Morgan fingerprint density at radius 3 is 1.47 bits per heavy atom. The van der Waals surface area contributed by atoms with E-state index in [4.69, 9.17) is 0 Å². The Morgan fingerprint density at radius 1 is 0.706 bits per heavy atom. The van der Waals surface area contributed by atoms with Gasteiger partial charge in [0.15, 0.2) is 0 Å². The molecule has 0 heterocycles. The second kappa shape index (κ2) is 5.73. The second-order valence-electron chi connectivity index (χ2n) is 8.31.